The molecule has 1 heterocycles. The molecule has 1 aromatic rings. The molecule has 0 saturated carbocycles. The number of carbonyl (C=O) groups is 1. The van der Waals surface area contributed by atoms with Gasteiger partial charge in [-0.15, -0.1) is 0 Å². The number of hydrogen-bond acceptors (Lipinski definition) is 3. The summed E-state index contributed by atoms with van der Waals surface area (Å²) in [6.07, 6.45) is 0.731. The largest absolute Gasteiger partial charge is 0.464 e. The molecule has 1 aromatic carbocycles. The van der Waals surface area contributed by atoms with Gasteiger partial charge in [-0.05, 0) is 31.0 Å². The van der Waals surface area contributed by atoms with Crippen LogP contribution >= 0.6 is 0 Å². The second-order valence-electron chi connectivity index (χ2n) is 3.81. The number of benzene rings is 1. The molecule has 0 radical (unpaired) electrons. The average Bonchev–Trinajstić information content (AvgIpc) is 2.60. The van der Waals surface area contributed by atoms with E-state index in [4.69, 9.17) is 4.74 Å². The minimum Gasteiger partial charge on any atom is -0.464 e. The number of anilines is 1. The van der Waals surface area contributed by atoms with Crippen LogP contribution in [0.15, 0.2) is 18.2 Å². The molecule has 3 nitrogen and oxygen atoms in total. The summed E-state index contributed by atoms with van der Waals surface area (Å²) in [7, 11) is 0. The third-order valence-corrected chi connectivity index (χ3v) is 2.59. The van der Waals surface area contributed by atoms with E-state index in [1.807, 2.05) is 13.8 Å². The molecule has 3 heteroatoms. The number of aryl methyl sites for hydroxylation is 1. The summed E-state index contributed by atoms with van der Waals surface area (Å²) in [4.78, 5) is 11.5. The smallest absolute Gasteiger partial charge is 0.328 e. The minimum atomic E-state index is -0.207. The van der Waals surface area contributed by atoms with Gasteiger partial charge in [0.05, 0.1) is 6.61 Å². The maximum Gasteiger partial charge on any atom is 0.328 e. The van der Waals surface area contributed by atoms with Crippen LogP contribution in [0.5, 0.6) is 0 Å². The lowest BCUT2D eigenvalue weighted by Crippen LogP contribution is -2.28. The number of hydrogen-bond donors (Lipinski definition) is 1. The van der Waals surface area contributed by atoms with Crippen molar-refractivity contribution in [3.8, 4) is 0 Å². The fourth-order valence-electron chi connectivity index (χ4n) is 1.85. The first kappa shape index (κ1) is 10.0. The Hall–Kier alpha value is -1.51. The van der Waals surface area contributed by atoms with E-state index in [2.05, 4.69) is 23.5 Å². The van der Waals surface area contributed by atoms with Gasteiger partial charge >= 0.3 is 5.97 Å². The predicted molar refractivity (Wildman–Crippen MR) is 58.9 cm³/mol. The standard InChI is InChI=1S/C12H15NO2/c1-3-15-12(14)11-7-9-5-4-8(2)6-10(9)13-11/h4-6,11,13H,3,7H2,1-2H3/t11-/m0/s1. The van der Waals surface area contributed by atoms with Crippen molar-refractivity contribution in [1.82, 2.24) is 0 Å². The zero-order valence-corrected chi connectivity index (χ0v) is 9.04. The summed E-state index contributed by atoms with van der Waals surface area (Å²) >= 11 is 0. The van der Waals surface area contributed by atoms with Gasteiger partial charge in [0, 0.05) is 12.1 Å². The Bertz CT molecular complexity index is 387. The molecule has 0 amide bonds. The maximum atomic E-state index is 11.5. The highest BCUT2D eigenvalue weighted by molar-refractivity contribution is 5.83. The summed E-state index contributed by atoms with van der Waals surface area (Å²) in [5, 5.41) is 3.19. The molecule has 0 aromatic heterocycles. The maximum absolute atomic E-state index is 11.5. The van der Waals surface area contributed by atoms with Gasteiger partial charge in [-0.2, -0.15) is 0 Å². The Kier molecular flexibility index (Phi) is 2.62. The second-order valence-corrected chi connectivity index (χ2v) is 3.81. The van der Waals surface area contributed by atoms with Gasteiger partial charge in [-0.25, -0.2) is 4.79 Å². The molecule has 2 rings (SSSR count). The lowest BCUT2D eigenvalue weighted by molar-refractivity contribution is -0.143. The topological polar surface area (TPSA) is 38.3 Å². The Balaban J connectivity index is 2.12. The molecule has 0 unspecified atom stereocenters. The number of nitrogens with one attached hydrogen (secondary N) is 1. The van der Waals surface area contributed by atoms with Gasteiger partial charge in [0.15, 0.2) is 0 Å². The van der Waals surface area contributed by atoms with Crippen LogP contribution in [0.2, 0.25) is 0 Å². The highest BCUT2D eigenvalue weighted by Gasteiger charge is 2.27. The first-order valence-electron chi connectivity index (χ1n) is 5.23. The minimum absolute atomic E-state index is 0.161. The third kappa shape index (κ3) is 1.96. The van der Waals surface area contributed by atoms with Crippen molar-refractivity contribution in [3.05, 3.63) is 29.3 Å². The third-order valence-electron chi connectivity index (χ3n) is 2.59. The molecule has 1 aliphatic rings. The predicted octanol–water partition coefficient (Wildman–Crippen LogP) is 1.89. The summed E-state index contributed by atoms with van der Waals surface area (Å²) in [5.41, 5.74) is 3.46. The molecule has 1 N–H and O–H groups in total. The fourth-order valence-corrected chi connectivity index (χ4v) is 1.85. The molecule has 0 fully saturated rings. The van der Waals surface area contributed by atoms with Crippen LogP contribution in [0.1, 0.15) is 18.1 Å². The van der Waals surface area contributed by atoms with E-state index in [1.165, 1.54) is 11.1 Å². The van der Waals surface area contributed by atoms with Crippen molar-refractivity contribution >= 4 is 11.7 Å². The van der Waals surface area contributed by atoms with E-state index < -0.39 is 0 Å². The molecule has 1 aliphatic heterocycles. The number of esters is 1. The molecule has 80 valence electrons. The summed E-state index contributed by atoms with van der Waals surface area (Å²) in [5.74, 6) is -0.161. The quantitative estimate of drug-likeness (QED) is 0.749. The Labute approximate surface area is 89.4 Å². The highest BCUT2D eigenvalue weighted by Crippen LogP contribution is 2.27. The van der Waals surface area contributed by atoms with E-state index in [0.717, 1.165) is 12.1 Å². The van der Waals surface area contributed by atoms with Gasteiger partial charge in [0.2, 0.25) is 0 Å². The Morgan fingerprint density at radius 2 is 2.40 bits per heavy atom. The van der Waals surface area contributed by atoms with Crippen molar-refractivity contribution in [2.45, 2.75) is 26.3 Å². The van der Waals surface area contributed by atoms with Crippen molar-refractivity contribution in [1.29, 1.82) is 0 Å². The van der Waals surface area contributed by atoms with Crippen LogP contribution < -0.4 is 5.32 Å². The van der Waals surface area contributed by atoms with Crippen LogP contribution in [0.4, 0.5) is 5.69 Å². The van der Waals surface area contributed by atoms with Crippen molar-refractivity contribution in [3.63, 3.8) is 0 Å². The molecule has 0 spiro atoms. The van der Waals surface area contributed by atoms with Crippen LogP contribution in [-0.4, -0.2) is 18.6 Å². The van der Waals surface area contributed by atoms with Crippen molar-refractivity contribution < 1.29 is 9.53 Å². The van der Waals surface area contributed by atoms with E-state index >= 15 is 0 Å². The van der Waals surface area contributed by atoms with Crippen LogP contribution in [0.3, 0.4) is 0 Å². The Morgan fingerprint density at radius 3 is 3.13 bits per heavy atom. The zero-order chi connectivity index (χ0) is 10.8. The van der Waals surface area contributed by atoms with Crippen molar-refractivity contribution in [2.75, 3.05) is 11.9 Å². The molecule has 1 atom stereocenters. The molecule has 0 saturated heterocycles. The second kappa shape index (κ2) is 3.93. The zero-order valence-electron chi connectivity index (χ0n) is 9.04. The lowest BCUT2D eigenvalue weighted by atomic mass is 10.1. The Morgan fingerprint density at radius 1 is 1.60 bits per heavy atom. The summed E-state index contributed by atoms with van der Waals surface area (Å²) < 4.78 is 4.99. The van der Waals surface area contributed by atoms with E-state index in [-0.39, 0.29) is 12.0 Å². The first-order valence-corrected chi connectivity index (χ1v) is 5.23. The fraction of sp³-hybridized carbons (Fsp3) is 0.417. The molecular weight excluding hydrogens is 190 g/mol. The SMILES string of the molecule is CCOC(=O)[C@@H]1Cc2ccc(C)cc2N1. The summed E-state index contributed by atoms with van der Waals surface area (Å²) in [6, 6.07) is 5.99. The van der Waals surface area contributed by atoms with E-state index in [9.17, 15) is 4.79 Å². The van der Waals surface area contributed by atoms with E-state index in [0.29, 0.717) is 6.61 Å². The average molecular weight is 205 g/mol. The number of rotatable bonds is 2. The van der Waals surface area contributed by atoms with Crippen LogP contribution in [-0.2, 0) is 16.0 Å². The number of fused-ring (bicyclic) bond motifs is 1. The normalized spacial score (nSPS) is 18.1. The molecular formula is C12H15NO2. The lowest BCUT2D eigenvalue weighted by Gasteiger charge is -2.09. The molecule has 0 aliphatic carbocycles. The molecule has 15 heavy (non-hydrogen) atoms. The monoisotopic (exact) mass is 205 g/mol. The molecule has 0 bridgehead atoms. The van der Waals surface area contributed by atoms with Crippen molar-refractivity contribution in [2.24, 2.45) is 0 Å². The van der Waals surface area contributed by atoms with Gasteiger partial charge in [-0.1, -0.05) is 12.1 Å². The van der Waals surface area contributed by atoms with Crippen LogP contribution in [0.25, 0.3) is 0 Å². The van der Waals surface area contributed by atoms with Gasteiger partial charge in [-0.3, -0.25) is 0 Å². The van der Waals surface area contributed by atoms with Crippen LogP contribution in [0, 0.1) is 6.92 Å². The summed E-state index contributed by atoms with van der Waals surface area (Å²) in [6.45, 7) is 4.30. The number of ether oxygens (including phenoxy) is 1. The number of carbonyl (C=O) groups excluding carboxylic acids is 1. The van der Waals surface area contributed by atoms with Gasteiger partial charge in [0.25, 0.3) is 0 Å². The first-order chi connectivity index (χ1) is 7.20. The van der Waals surface area contributed by atoms with Gasteiger partial charge in [0.1, 0.15) is 6.04 Å². The van der Waals surface area contributed by atoms with Gasteiger partial charge < -0.3 is 10.1 Å². The highest BCUT2D eigenvalue weighted by atomic mass is 16.5. The van der Waals surface area contributed by atoms with E-state index in [1.54, 1.807) is 0 Å².